The normalized spacial score (nSPS) is 14.9. The molecule has 0 saturated heterocycles. The predicted molar refractivity (Wildman–Crippen MR) is 92.8 cm³/mol. The molecule has 3 aromatic carbocycles. The average Bonchev–Trinajstić information content (AvgIpc) is 2.62. The average molecular weight is 337 g/mol. The molecular weight excluding hydrogens is 325 g/mol. The first-order chi connectivity index (χ1) is 11.7. The quantitative estimate of drug-likeness (QED) is 0.396. The number of nitrogens with zero attached hydrogens (tertiary/aromatic N) is 1. The van der Waals surface area contributed by atoms with Gasteiger partial charge in [0.15, 0.2) is 0 Å². The van der Waals surface area contributed by atoms with Crippen LogP contribution < -0.4 is 14.4 Å². The third-order valence-electron chi connectivity index (χ3n) is 3.70. The smallest absolute Gasteiger partial charge is 0.326 e. The third kappa shape index (κ3) is 2.59. The second-order valence-electron chi connectivity index (χ2n) is 5.20. The van der Waals surface area contributed by atoms with Crippen LogP contribution in [-0.4, -0.2) is 4.92 Å². The highest BCUT2D eigenvalue weighted by Crippen LogP contribution is 2.49. The zero-order valence-corrected chi connectivity index (χ0v) is 13.4. The van der Waals surface area contributed by atoms with Crippen molar-refractivity contribution in [3.05, 3.63) is 82.9 Å². The van der Waals surface area contributed by atoms with Crippen molar-refractivity contribution in [2.45, 2.75) is 0 Å². The van der Waals surface area contributed by atoms with Crippen LogP contribution in [0.5, 0.6) is 11.5 Å². The van der Waals surface area contributed by atoms with Crippen LogP contribution in [0.2, 0.25) is 0 Å². The standard InChI is InChI=1S/C18H12NO4P/c20-19(21)13-9-11-14(12-10-13)22-24-18-8-4-2-6-16(18)15-5-1-3-7-17(15)23-24/h1-12H. The van der Waals surface area contributed by atoms with Crippen LogP contribution >= 0.6 is 8.38 Å². The molecule has 0 radical (unpaired) electrons. The molecule has 5 nitrogen and oxygen atoms in total. The Morgan fingerprint density at radius 3 is 2.29 bits per heavy atom. The van der Waals surface area contributed by atoms with E-state index in [1.807, 2.05) is 48.5 Å². The van der Waals surface area contributed by atoms with E-state index in [0.29, 0.717) is 5.75 Å². The lowest BCUT2D eigenvalue weighted by Gasteiger charge is -2.27. The van der Waals surface area contributed by atoms with Gasteiger partial charge in [-0.05, 0) is 29.8 Å². The number of hydrogen-bond acceptors (Lipinski definition) is 4. The van der Waals surface area contributed by atoms with E-state index in [4.69, 9.17) is 9.05 Å². The van der Waals surface area contributed by atoms with Crippen molar-refractivity contribution in [2.75, 3.05) is 0 Å². The lowest BCUT2D eigenvalue weighted by molar-refractivity contribution is -0.384. The van der Waals surface area contributed by atoms with Crippen molar-refractivity contribution in [3.8, 4) is 22.6 Å². The van der Waals surface area contributed by atoms with Crippen molar-refractivity contribution < 1.29 is 14.0 Å². The summed E-state index contributed by atoms with van der Waals surface area (Å²) in [6.45, 7) is 0. The number of non-ortho nitro benzene ring substituents is 1. The lowest BCUT2D eigenvalue weighted by atomic mass is 10.0. The van der Waals surface area contributed by atoms with Crippen LogP contribution in [0.4, 0.5) is 5.69 Å². The Morgan fingerprint density at radius 2 is 1.54 bits per heavy atom. The van der Waals surface area contributed by atoms with Crippen LogP contribution in [-0.2, 0) is 0 Å². The van der Waals surface area contributed by atoms with E-state index in [9.17, 15) is 10.1 Å². The third-order valence-corrected chi connectivity index (χ3v) is 5.22. The molecule has 4 rings (SSSR count). The molecule has 1 atom stereocenters. The molecule has 1 heterocycles. The highest BCUT2D eigenvalue weighted by atomic mass is 31.2. The minimum atomic E-state index is -1.35. The van der Waals surface area contributed by atoms with Gasteiger partial charge in [0.1, 0.15) is 11.5 Å². The molecule has 1 unspecified atom stereocenters. The SMILES string of the molecule is O=[N+]([O-])c1ccc(OP2Oc3ccccc3-c3ccccc32)cc1. The van der Waals surface area contributed by atoms with Gasteiger partial charge in [-0.25, -0.2) is 0 Å². The van der Waals surface area contributed by atoms with Crippen LogP contribution in [0.3, 0.4) is 0 Å². The van der Waals surface area contributed by atoms with Crippen LogP contribution in [0.25, 0.3) is 11.1 Å². The molecule has 0 saturated carbocycles. The van der Waals surface area contributed by atoms with E-state index in [-0.39, 0.29) is 5.69 Å². The Labute approximate surface area is 139 Å². The number of rotatable bonds is 3. The fourth-order valence-electron chi connectivity index (χ4n) is 2.56. The molecule has 6 heteroatoms. The Bertz CT molecular complexity index is 911. The first kappa shape index (κ1) is 14.7. The second-order valence-corrected chi connectivity index (χ2v) is 6.57. The summed E-state index contributed by atoms with van der Waals surface area (Å²) >= 11 is 0. The van der Waals surface area contributed by atoms with Gasteiger partial charge in [-0.1, -0.05) is 36.4 Å². The Kier molecular flexibility index (Phi) is 3.63. The summed E-state index contributed by atoms with van der Waals surface area (Å²) < 4.78 is 12.0. The Morgan fingerprint density at radius 1 is 0.875 bits per heavy atom. The predicted octanol–water partition coefficient (Wildman–Crippen LogP) is 4.67. The molecule has 0 fully saturated rings. The first-order valence-electron chi connectivity index (χ1n) is 7.31. The molecule has 0 spiro atoms. The zero-order chi connectivity index (χ0) is 16.5. The van der Waals surface area contributed by atoms with Gasteiger partial charge < -0.3 is 9.05 Å². The molecular formula is C18H12NO4P. The fourth-order valence-corrected chi connectivity index (χ4v) is 4.04. The van der Waals surface area contributed by atoms with E-state index < -0.39 is 13.3 Å². The van der Waals surface area contributed by atoms with Crippen molar-refractivity contribution >= 4 is 19.4 Å². The van der Waals surface area contributed by atoms with E-state index in [1.54, 1.807) is 12.1 Å². The molecule has 0 bridgehead atoms. The summed E-state index contributed by atoms with van der Waals surface area (Å²) in [7, 11) is -1.35. The van der Waals surface area contributed by atoms with Gasteiger partial charge in [0, 0.05) is 17.7 Å². The van der Waals surface area contributed by atoms with Crippen molar-refractivity contribution in [1.82, 2.24) is 0 Å². The van der Waals surface area contributed by atoms with Crippen LogP contribution in [0, 0.1) is 10.1 Å². The molecule has 1 aliphatic rings. The summed E-state index contributed by atoms with van der Waals surface area (Å²) in [4.78, 5) is 10.3. The maximum absolute atomic E-state index is 10.7. The molecule has 3 aromatic rings. The van der Waals surface area contributed by atoms with E-state index >= 15 is 0 Å². The van der Waals surface area contributed by atoms with Crippen molar-refractivity contribution in [1.29, 1.82) is 0 Å². The summed E-state index contributed by atoms with van der Waals surface area (Å²) in [5.41, 5.74) is 2.16. The summed E-state index contributed by atoms with van der Waals surface area (Å²) in [5, 5.41) is 11.7. The Balaban J connectivity index is 1.68. The van der Waals surface area contributed by atoms with Gasteiger partial charge in [-0.2, -0.15) is 0 Å². The fraction of sp³-hybridized carbons (Fsp3) is 0. The Hall–Kier alpha value is -2.91. The van der Waals surface area contributed by atoms with Gasteiger partial charge in [-0.15, -0.1) is 0 Å². The largest absolute Gasteiger partial charge is 0.435 e. The number of benzene rings is 3. The van der Waals surface area contributed by atoms with Crippen molar-refractivity contribution in [3.63, 3.8) is 0 Å². The monoisotopic (exact) mass is 337 g/mol. The van der Waals surface area contributed by atoms with E-state index in [0.717, 1.165) is 22.2 Å². The second kappa shape index (κ2) is 5.95. The van der Waals surface area contributed by atoms with Gasteiger partial charge >= 0.3 is 8.38 Å². The summed E-state index contributed by atoms with van der Waals surface area (Å²) in [6, 6.07) is 21.8. The first-order valence-corrected chi connectivity index (χ1v) is 8.49. The minimum Gasteiger partial charge on any atom is -0.435 e. The van der Waals surface area contributed by atoms with Gasteiger partial charge in [-0.3, -0.25) is 10.1 Å². The van der Waals surface area contributed by atoms with E-state index in [2.05, 4.69) is 0 Å². The van der Waals surface area contributed by atoms with Crippen molar-refractivity contribution in [2.24, 2.45) is 0 Å². The minimum absolute atomic E-state index is 0.0328. The topological polar surface area (TPSA) is 61.6 Å². The van der Waals surface area contributed by atoms with Gasteiger partial charge in [0.25, 0.3) is 5.69 Å². The number of para-hydroxylation sites is 1. The highest BCUT2D eigenvalue weighted by molar-refractivity contribution is 7.57. The molecule has 1 aliphatic heterocycles. The molecule has 0 aromatic heterocycles. The number of nitro groups is 1. The number of nitro benzene ring substituents is 1. The highest BCUT2D eigenvalue weighted by Gasteiger charge is 2.28. The van der Waals surface area contributed by atoms with Gasteiger partial charge in [0.2, 0.25) is 0 Å². The number of fused-ring (bicyclic) bond motifs is 3. The molecule has 0 N–H and O–H groups in total. The van der Waals surface area contributed by atoms with Crippen LogP contribution in [0.15, 0.2) is 72.8 Å². The maximum atomic E-state index is 10.7. The summed E-state index contributed by atoms with van der Waals surface area (Å²) in [6.07, 6.45) is 0. The molecule has 0 aliphatic carbocycles. The zero-order valence-electron chi connectivity index (χ0n) is 12.5. The molecule has 118 valence electrons. The van der Waals surface area contributed by atoms with Crippen LogP contribution in [0.1, 0.15) is 0 Å². The summed E-state index contributed by atoms with van der Waals surface area (Å²) in [5.74, 6) is 1.32. The van der Waals surface area contributed by atoms with Gasteiger partial charge in [0.05, 0.1) is 10.2 Å². The molecule has 0 amide bonds. The maximum Gasteiger partial charge on any atom is 0.326 e. The molecule has 24 heavy (non-hydrogen) atoms. The number of hydrogen-bond donors (Lipinski definition) is 0. The van der Waals surface area contributed by atoms with E-state index in [1.165, 1.54) is 12.1 Å². The lowest BCUT2D eigenvalue weighted by Crippen LogP contribution is -2.17.